The number of hydrogen-bond acceptors (Lipinski definition) is 3. The summed E-state index contributed by atoms with van der Waals surface area (Å²) in [5, 5.41) is 10.2. The summed E-state index contributed by atoms with van der Waals surface area (Å²) in [6.07, 6.45) is 3.71. The average Bonchev–Trinajstić information content (AvgIpc) is 3.03. The molecule has 0 bridgehead atoms. The first-order valence-electron chi connectivity index (χ1n) is 8.22. The van der Waals surface area contributed by atoms with Gasteiger partial charge in [-0.2, -0.15) is 0 Å². The number of nitrogens with zero attached hydrogens (tertiary/aromatic N) is 2. The van der Waals surface area contributed by atoms with Gasteiger partial charge in [-0.15, -0.1) is 0 Å². The van der Waals surface area contributed by atoms with Gasteiger partial charge in [0, 0.05) is 37.6 Å². The zero-order valence-corrected chi connectivity index (χ0v) is 13.8. The number of methoxy groups -OCH3 is 1. The van der Waals surface area contributed by atoms with Crippen LogP contribution in [-0.4, -0.2) is 46.6 Å². The van der Waals surface area contributed by atoms with Crippen molar-refractivity contribution < 1.29 is 19.4 Å². The number of ether oxygens (including phenoxy) is 1. The van der Waals surface area contributed by atoms with Crippen LogP contribution in [0.25, 0.3) is 10.9 Å². The maximum atomic E-state index is 12.4. The summed E-state index contributed by atoms with van der Waals surface area (Å²) in [6, 6.07) is 7.86. The highest BCUT2D eigenvalue weighted by molar-refractivity contribution is 5.86. The Kier molecular flexibility index (Phi) is 4.74. The fourth-order valence-corrected chi connectivity index (χ4v) is 3.36. The molecule has 1 aromatic carbocycles. The Morgan fingerprint density at radius 3 is 2.92 bits per heavy atom. The van der Waals surface area contributed by atoms with Crippen molar-refractivity contribution in [3.63, 3.8) is 0 Å². The van der Waals surface area contributed by atoms with Crippen molar-refractivity contribution in [2.24, 2.45) is 5.92 Å². The fourth-order valence-electron chi connectivity index (χ4n) is 3.36. The molecule has 128 valence electrons. The van der Waals surface area contributed by atoms with Crippen LogP contribution in [-0.2, 0) is 16.1 Å². The second-order valence-corrected chi connectivity index (χ2v) is 6.17. The van der Waals surface area contributed by atoms with Crippen LogP contribution in [0.2, 0.25) is 0 Å². The molecule has 1 N–H and O–H groups in total. The van der Waals surface area contributed by atoms with Gasteiger partial charge >= 0.3 is 5.97 Å². The minimum atomic E-state index is -0.811. The minimum absolute atomic E-state index is 0.0118. The number of hydrogen-bond donors (Lipinski definition) is 1. The number of carboxylic acid groups (broad SMARTS) is 1. The first-order valence-corrected chi connectivity index (χ1v) is 8.22. The van der Waals surface area contributed by atoms with Crippen LogP contribution in [0.4, 0.5) is 0 Å². The predicted octanol–water partition coefficient (Wildman–Crippen LogP) is 2.36. The van der Waals surface area contributed by atoms with E-state index in [2.05, 4.69) is 0 Å². The Hall–Kier alpha value is -2.50. The smallest absolute Gasteiger partial charge is 0.308 e. The van der Waals surface area contributed by atoms with Crippen LogP contribution in [0.15, 0.2) is 30.5 Å². The van der Waals surface area contributed by atoms with Gasteiger partial charge in [0.25, 0.3) is 0 Å². The van der Waals surface area contributed by atoms with E-state index in [1.165, 1.54) is 0 Å². The largest absolute Gasteiger partial charge is 0.495 e. The van der Waals surface area contributed by atoms with Crippen LogP contribution >= 0.6 is 0 Å². The second-order valence-electron chi connectivity index (χ2n) is 6.17. The number of para-hydroxylation sites is 1. The van der Waals surface area contributed by atoms with Crippen molar-refractivity contribution >= 4 is 22.8 Å². The summed E-state index contributed by atoms with van der Waals surface area (Å²) in [6.45, 7) is 1.53. The van der Waals surface area contributed by atoms with Crippen LogP contribution in [0.1, 0.15) is 19.3 Å². The molecule has 24 heavy (non-hydrogen) atoms. The lowest BCUT2D eigenvalue weighted by molar-refractivity contribution is -0.145. The molecular formula is C18H22N2O4. The molecule has 0 radical (unpaired) electrons. The molecule has 1 amide bonds. The third-order valence-corrected chi connectivity index (χ3v) is 4.66. The van der Waals surface area contributed by atoms with Crippen LogP contribution in [0.3, 0.4) is 0 Å². The quantitative estimate of drug-likeness (QED) is 0.913. The highest BCUT2D eigenvalue weighted by Crippen LogP contribution is 2.26. The standard InChI is InChI=1S/C18H22N2O4/c1-24-15-6-2-4-13-7-10-19(17(13)15)11-8-16(21)20-9-3-5-14(12-20)18(22)23/h2,4,6-7,10,14H,3,5,8-9,11-12H2,1H3,(H,22,23). The third-order valence-electron chi connectivity index (χ3n) is 4.66. The molecule has 1 aromatic heterocycles. The van der Waals surface area contributed by atoms with E-state index in [0.29, 0.717) is 32.5 Å². The topological polar surface area (TPSA) is 71.8 Å². The number of amides is 1. The van der Waals surface area contributed by atoms with Crippen LogP contribution < -0.4 is 4.74 Å². The number of carbonyl (C=O) groups excluding carboxylic acids is 1. The summed E-state index contributed by atoms with van der Waals surface area (Å²) < 4.78 is 7.43. The van der Waals surface area contributed by atoms with E-state index in [0.717, 1.165) is 23.1 Å². The number of aryl methyl sites for hydroxylation is 1. The van der Waals surface area contributed by atoms with Gasteiger partial charge < -0.3 is 19.3 Å². The van der Waals surface area contributed by atoms with E-state index in [4.69, 9.17) is 9.84 Å². The molecule has 0 aliphatic carbocycles. The molecule has 6 heteroatoms. The number of likely N-dealkylation sites (tertiary alicyclic amines) is 1. The average molecular weight is 330 g/mol. The van der Waals surface area contributed by atoms with Crippen molar-refractivity contribution in [1.29, 1.82) is 0 Å². The van der Waals surface area contributed by atoms with E-state index in [1.807, 2.05) is 35.0 Å². The SMILES string of the molecule is COc1cccc2ccn(CCC(=O)N3CCCC(C(=O)O)C3)c12. The van der Waals surface area contributed by atoms with Gasteiger partial charge in [0.2, 0.25) is 5.91 Å². The number of rotatable bonds is 5. The molecule has 6 nitrogen and oxygen atoms in total. The van der Waals surface area contributed by atoms with Gasteiger partial charge in [-0.1, -0.05) is 12.1 Å². The Bertz CT molecular complexity index is 753. The normalized spacial score (nSPS) is 17.9. The molecule has 1 atom stereocenters. The van der Waals surface area contributed by atoms with E-state index >= 15 is 0 Å². The molecule has 0 saturated carbocycles. The maximum absolute atomic E-state index is 12.4. The minimum Gasteiger partial charge on any atom is -0.495 e. The molecular weight excluding hydrogens is 308 g/mol. The molecule has 3 rings (SSSR count). The summed E-state index contributed by atoms with van der Waals surface area (Å²) >= 11 is 0. The summed E-state index contributed by atoms with van der Waals surface area (Å²) in [5.41, 5.74) is 0.981. The Morgan fingerprint density at radius 1 is 1.33 bits per heavy atom. The number of carbonyl (C=O) groups is 2. The van der Waals surface area contributed by atoms with Crippen molar-refractivity contribution in [2.45, 2.75) is 25.8 Å². The number of fused-ring (bicyclic) bond motifs is 1. The highest BCUT2D eigenvalue weighted by Gasteiger charge is 2.27. The molecule has 2 aromatic rings. The molecule has 1 aliphatic heterocycles. The van der Waals surface area contributed by atoms with Crippen molar-refractivity contribution in [1.82, 2.24) is 9.47 Å². The lowest BCUT2D eigenvalue weighted by Crippen LogP contribution is -2.42. The van der Waals surface area contributed by atoms with E-state index in [9.17, 15) is 9.59 Å². The number of piperidine rings is 1. The zero-order valence-electron chi connectivity index (χ0n) is 13.8. The van der Waals surface area contributed by atoms with Gasteiger partial charge in [-0.25, -0.2) is 0 Å². The van der Waals surface area contributed by atoms with E-state index in [1.54, 1.807) is 12.0 Å². The molecule has 0 spiro atoms. The highest BCUT2D eigenvalue weighted by atomic mass is 16.5. The van der Waals surface area contributed by atoms with Gasteiger partial charge in [-0.3, -0.25) is 9.59 Å². The Labute approximate surface area is 140 Å². The Morgan fingerprint density at radius 2 is 2.17 bits per heavy atom. The van der Waals surface area contributed by atoms with Crippen molar-refractivity contribution in [2.75, 3.05) is 20.2 Å². The second kappa shape index (κ2) is 6.95. The molecule has 1 saturated heterocycles. The summed E-state index contributed by atoms with van der Waals surface area (Å²) in [5.74, 6) is -0.449. The molecule has 1 aliphatic rings. The third kappa shape index (κ3) is 3.22. The number of benzene rings is 1. The van der Waals surface area contributed by atoms with Gasteiger partial charge in [0.15, 0.2) is 0 Å². The predicted molar refractivity (Wildman–Crippen MR) is 90.0 cm³/mol. The number of carboxylic acids is 1. The fraction of sp³-hybridized carbons (Fsp3) is 0.444. The summed E-state index contributed by atoms with van der Waals surface area (Å²) in [7, 11) is 1.64. The molecule has 1 fully saturated rings. The Balaban J connectivity index is 1.67. The van der Waals surface area contributed by atoms with Crippen molar-refractivity contribution in [3.8, 4) is 5.75 Å². The number of aliphatic carboxylic acids is 1. The zero-order chi connectivity index (χ0) is 17.1. The van der Waals surface area contributed by atoms with Gasteiger partial charge in [0.05, 0.1) is 18.5 Å². The van der Waals surface area contributed by atoms with E-state index in [-0.39, 0.29) is 5.91 Å². The first-order chi connectivity index (χ1) is 11.6. The van der Waals surface area contributed by atoms with Gasteiger partial charge in [0.1, 0.15) is 5.75 Å². The number of aromatic nitrogens is 1. The van der Waals surface area contributed by atoms with Crippen LogP contribution in [0.5, 0.6) is 5.75 Å². The summed E-state index contributed by atoms with van der Waals surface area (Å²) in [4.78, 5) is 25.3. The van der Waals surface area contributed by atoms with Gasteiger partial charge in [-0.05, 0) is 25.0 Å². The van der Waals surface area contributed by atoms with Crippen LogP contribution in [0, 0.1) is 5.92 Å². The monoisotopic (exact) mass is 330 g/mol. The van der Waals surface area contributed by atoms with E-state index < -0.39 is 11.9 Å². The first kappa shape index (κ1) is 16.4. The molecule has 1 unspecified atom stereocenters. The lowest BCUT2D eigenvalue weighted by Gasteiger charge is -2.30. The lowest BCUT2D eigenvalue weighted by atomic mass is 9.98. The maximum Gasteiger partial charge on any atom is 0.308 e. The molecule has 2 heterocycles. The van der Waals surface area contributed by atoms with Crippen molar-refractivity contribution in [3.05, 3.63) is 30.5 Å².